The Morgan fingerprint density at radius 3 is 2.85 bits per heavy atom. The van der Waals surface area contributed by atoms with Crippen LogP contribution in [-0.4, -0.2) is 35.0 Å². The van der Waals surface area contributed by atoms with Crippen molar-refractivity contribution in [1.82, 2.24) is 20.6 Å². The third-order valence-corrected chi connectivity index (χ3v) is 3.40. The Labute approximate surface area is 123 Å². The second-order valence-electron chi connectivity index (χ2n) is 4.76. The standard InChI is InChI=1S/C14H16N4O.ClH/c19-14(18-9-11-2-1-5-15-11)10-3-4-12-13(8-10)17-7-6-16-12;/h3-4,6-8,11,15H,1-2,5,9H2,(H,18,19);1H. The molecular weight excluding hydrogens is 276 g/mol. The zero-order valence-electron chi connectivity index (χ0n) is 11.0. The topological polar surface area (TPSA) is 66.9 Å². The molecule has 1 aromatic heterocycles. The van der Waals surface area contributed by atoms with E-state index >= 15 is 0 Å². The maximum absolute atomic E-state index is 12.1. The molecule has 0 spiro atoms. The Bertz CT molecular complexity index is 598. The van der Waals surface area contributed by atoms with Gasteiger partial charge in [-0.15, -0.1) is 12.4 Å². The summed E-state index contributed by atoms with van der Waals surface area (Å²) in [5.74, 6) is -0.0544. The van der Waals surface area contributed by atoms with E-state index < -0.39 is 0 Å². The van der Waals surface area contributed by atoms with E-state index in [0.29, 0.717) is 18.2 Å². The fourth-order valence-corrected chi connectivity index (χ4v) is 2.35. The Hall–Kier alpha value is -1.72. The number of aromatic nitrogens is 2. The predicted molar refractivity (Wildman–Crippen MR) is 80.1 cm³/mol. The molecule has 106 valence electrons. The summed E-state index contributed by atoms with van der Waals surface area (Å²) in [7, 11) is 0. The van der Waals surface area contributed by atoms with Crippen LogP contribution in [0, 0.1) is 0 Å². The minimum absolute atomic E-state index is 0. The number of benzene rings is 1. The minimum atomic E-state index is -0.0544. The van der Waals surface area contributed by atoms with Gasteiger partial charge < -0.3 is 10.6 Å². The molecule has 0 saturated carbocycles. The highest BCUT2D eigenvalue weighted by Gasteiger charge is 2.15. The lowest BCUT2D eigenvalue weighted by Crippen LogP contribution is -2.37. The van der Waals surface area contributed by atoms with Crippen LogP contribution in [0.5, 0.6) is 0 Å². The second-order valence-corrected chi connectivity index (χ2v) is 4.76. The van der Waals surface area contributed by atoms with E-state index in [1.807, 2.05) is 6.07 Å². The highest BCUT2D eigenvalue weighted by Crippen LogP contribution is 2.11. The number of nitrogens with one attached hydrogen (secondary N) is 2. The largest absolute Gasteiger partial charge is 0.350 e. The molecule has 0 aliphatic carbocycles. The zero-order chi connectivity index (χ0) is 13.1. The zero-order valence-corrected chi connectivity index (χ0v) is 11.8. The molecule has 1 amide bonds. The van der Waals surface area contributed by atoms with Crippen LogP contribution in [-0.2, 0) is 0 Å². The van der Waals surface area contributed by atoms with Crippen molar-refractivity contribution >= 4 is 29.3 Å². The number of amides is 1. The van der Waals surface area contributed by atoms with Gasteiger partial charge in [0.2, 0.25) is 0 Å². The van der Waals surface area contributed by atoms with Crippen molar-refractivity contribution in [3.8, 4) is 0 Å². The lowest BCUT2D eigenvalue weighted by molar-refractivity contribution is 0.0950. The summed E-state index contributed by atoms with van der Waals surface area (Å²) in [5, 5.41) is 6.31. The van der Waals surface area contributed by atoms with Crippen LogP contribution >= 0.6 is 12.4 Å². The SMILES string of the molecule is Cl.O=C(NCC1CCCN1)c1ccc2nccnc2c1. The van der Waals surface area contributed by atoms with Gasteiger partial charge in [-0.25, -0.2) is 0 Å². The maximum atomic E-state index is 12.1. The van der Waals surface area contributed by atoms with Gasteiger partial charge in [-0.05, 0) is 37.6 Å². The number of rotatable bonds is 3. The van der Waals surface area contributed by atoms with Crippen LogP contribution in [0.4, 0.5) is 0 Å². The molecule has 2 N–H and O–H groups in total. The smallest absolute Gasteiger partial charge is 0.251 e. The van der Waals surface area contributed by atoms with Crippen molar-refractivity contribution in [2.24, 2.45) is 0 Å². The van der Waals surface area contributed by atoms with Gasteiger partial charge in [0, 0.05) is 30.5 Å². The van der Waals surface area contributed by atoms with Crippen molar-refractivity contribution in [2.45, 2.75) is 18.9 Å². The molecule has 1 atom stereocenters. The van der Waals surface area contributed by atoms with Crippen LogP contribution in [0.1, 0.15) is 23.2 Å². The molecule has 1 saturated heterocycles. The summed E-state index contributed by atoms with van der Waals surface area (Å²) < 4.78 is 0. The molecule has 3 rings (SSSR count). The first-order valence-corrected chi connectivity index (χ1v) is 6.55. The van der Waals surface area contributed by atoms with E-state index in [1.165, 1.54) is 6.42 Å². The number of carbonyl (C=O) groups is 1. The van der Waals surface area contributed by atoms with Crippen molar-refractivity contribution < 1.29 is 4.79 Å². The maximum Gasteiger partial charge on any atom is 0.251 e. The van der Waals surface area contributed by atoms with E-state index in [2.05, 4.69) is 20.6 Å². The summed E-state index contributed by atoms with van der Waals surface area (Å²) in [6.45, 7) is 1.73. The molecule has 0 radical (unpaired) electrons. The molecule has 2 heterocycles. The molecule has 1 aliphatic heterocycles. The van der Waals surface area contributed by atoms with Gasteiger partial charge in [0.05, 0.1) is 11.0 Å². The normalized spacial score (nSPS) is 17.7. The first-order chi connectivity index (χ1) is 9.33. The first kappa shape index (κ1) is 14.7. The molecule has 6 heteroatoms. The summed E-state index contributed by atoms with van der Waals surface area (Å²) in [6, 6.07) is 5.79. The van der Waals surface area contributed by atoms with Gasteiger partial charge in [-0.3, -0.25) is 14.8 Å². The van der Waals surface area contributed by atoms with Gasteiger partial charge in [-0.1, -0.05) is 0 Å². The number of hydrogen-bond acceptors (Lipinski definition) is 4. The molecule has 0 bridgehead atoms. The quantitative estimate of drug-likeness (QED) is 0.900. The fraction of sp³-hybridized carbons (Fsp3) is 0.357. The first-order valence-electron chi connectivity index (χ1n) is 6.55. The van der Waals surface area contributed by atoms with Gasteiger partial charge >= 0.3 is 0 Å². The lowest BCUT2D eigenvalue weighted by atomic mass is 10.1. The fourth-order valence-electron chi connectivity index (χ4n) is 2.35. The highest BCUT2D eigenvalue weighted by molar-refractivity contribution is 5.97. The number of carbonyl (C=O) groups excluding carboxylic acids is 1. The Balaban J connectivity index is 0.00000147. The summed E-state index contributed by atoms with van der Waals surface area (Å²) >= 11 is 0. The second kappa shape index (κ2) is 6.63. The Morgan fingerprint density at radius 1 is 1.30 bits per heavy atom. The van der Waals surface area contributed by atoms with E-state index in [4.69, 9.17) is 0 Å². The summed E-state index contributed by atoms with van der Waals surface area (Å²) in [6.07, 6.45) is 5.59. The monoisotopic (exact) mass is 292 g/mol. The number of halogens is 1. The average molecular weight is 293 g/mol. The van der Waals surface area contributed by atoms with Crippen molar-refractivity contribution in [3.63, 3.8) is 0 Å². The number of hydrogen-bond donors (Lipinski definition) is 2. The van der Waals surface area contributed by atoms with Crippen LogP contribution in [0.3, 0.4) is 0 Å². The predicted octanol–water partition coefficient (Wildman–Crippen LogP) is 1.53. The summed E-state index contributed by atoms with van der Waals surface area (Å²) in [5.41, 5.74) is 2.18. The molecule has 1 unspecified atom stereocenters. The van der Waals surface area contributed by atoms with Crippen molar-refractivity contribution in [2.75, 3.05) is 13.1 Å². The highest BCUT2D eigenvalue weighted by atomic mass is 35.5. The Kier molecular flexibility index (Phi) is 4.87. The van der Waals surface area contributed by atoms with Crippen LogP contribution in [0.15, 0.2) is 30.6 Å². The van der Waals surface area contributed by atoms with E-state index in [0.717, 1.165) is 24.0 Å². The molecule has 5 nitrogen and oxygen atoms in total. The molecule has 1 fully saturated rings. The summed E-state index contributed by atoms with van der Waals surface area (Å²) in [4.78, 5) is 20.5. The van der Waals surface area contributed by atoms with Crippen LogP contribution < -0.4 is 10.6 Å². The third-order valence-electron chi connectivity index (χ3n) is 3.40. The molecular formula is C14H17ClN4O. The van der Waals surface area contributed by atoms with E-state index in [1.54, 1.807) is 24.5 Å². The van der Waals surface area contributed by atoms with Crippen LogP contribution in [0.2, 0.25) is 0 Å². The number of nitrogens with zero attached hydrogens (tertiary/aromatic N) is 2. The molecule has 20 heavy (non-hydrogen) atoms. The van der Waals surface area contributed by atoms with Crippen LogP contribution in [0.25, 0.3) is 11.0 Å². The minimum Gasteiger partial charge on any atom is -0.350 e. The van der Waals surface area contributed by atoms with E-state index in [-0.39, 0.29) is 18.3 Å². The molecule has 1 aromatic carbocycles. The van der Waals surface area contributed by atoms with Gasteiger partial charge in [0.25, 0.3) is 5.91 Å². The van der Waals surface area contributed by atoms with Gasteiger partial charge in [0.1, 0.15) is 0 Å². The third kappa shape index (κ3) is 3.23. The van der Waals surface area contributed by atoms with Crippen molar-refractivity contribution in [1.29, 1.82) is 0 Å². The average Bonchev–Trinajstić information content (AvgIpc) is 2.97. The molecule has 1 aliphatic rings. The van der Waals surface area contributed by atoms with Gasteiger partial charge in [0.15, 0.2) is 0 Å². The number of fused-ring (bicyclic) bond motifs is 1. The molecule has 2 aromatic rings. The Morgan fingerprint density at radius 2 is 2.10 bits per heavy atom. The van der Waals surface area contributed by atoms with E-state index in [9.17, 15) is 4.79 Å². The van der Waals surface area contributed by atoms with Gasteiger partial charge in [-0.2, -0.15) is 0 Å². The van der Waals surface area contributed by atoms with Crippen molar-refractivity contribution in [3.05, 3.63) is 36.2 Å². The lowest BCUT2D eigenvalue weighted by Gasteiger charge is -2.11.